The van der Waals surface area contributed by atoms with Crippen molar-refractivity contribution in [3.05, 3.63) is 0 Å². The molecule has 0 radical (unpaired) electrons. The van der Waals surface area contributed by atoms with Gasteiger partial charge in [0.2, 0.25) is 10.0 Å². The molecule has 1 unspecified atom stereocenters. The molecule has 0 rings (SSSR count). The smallest absolute Gasteiger partial charge is 0.213 e. The minimum Gasteiger partial charge on any atom is -0.396 e. The van der Waals surface area contributed by atoms with Gasteiger partial charge in [0.1, 0.15) is 0 Å². The van der Waals surface area contributed by atoms with Crippen molar-refractivity contribution in [2.45, 2.75) is 45.3 Å². The van der Waals surface area contributed by atoms with Crippen LogP contribution in [0, 0.1) is 5.92 Å². The lowest BCUT2D eigenvalue weighted by molar-refractivity contribution is 0.251. The molecule has 0 bridgehead atoms. The number of sulfonamides is 1. The van der Waals surface area contributed by atoms with Crippen molar-refractivity contribution in [2.75, 3.05) is 13.2 Å². The van der Waals surface area contributed by atoms with Gasteiger partial charge >= 0.3 is 0 Å². The van der Waals surface area contributed by atoms with Gasteiger partial charge in [-0.1, -0.05) is 13.3 Å². The molecule has 0 aromatic carbocycles. The van der Waals surface area contributed by atoms with E-state index in [1.807, 2.05) is 0 Å². The van der Waals surface area contributed by atoms with E-state index in [-0.39, 0.29) is 12.5 Å². The second-order valence-electron chi connectivity index (χ2n) is 4.11. The van der Waals surface area contributed by atoms with Crippen LogP contribution in [0.2, 0.25) is 0 Å². The Hall–Kier alpha value is -0.130. The second-order valence-corrected chi connectivity index (χ2v) is 6.43. The van der Waals surface area contributed by atoms with Crippen LogP contribution >= 0.6 is 0 Å². The third-order valence-corrected chi connectivity index (χ3v) is 4.24. The molecule has 2 N–H and O–H groups in total. The van der Waals surface area contributed by atoms with Crippen molar-refractivity contribution in [2.24, 2.45) is 5.92 Å². The fourth-order valence-electron chi connectivity index (χ4n) is 1.34. The molecule has 0 aliphatic heterocycles. The highest BCUT2D eigenvalue weighted by Gasteiger charge is 2.17. The molecular weight excluding hydrogens is 214 g/mol. The van der Waals surface area contributed by atoms with Gasteiger partial charge < -0.3 is 5.11 Å². The third kappa shape index (κ3) is 6.12. The van der Waals surface area contributed by atoms with Crippen LogP contribution in [-0.4, -0.2) is 31.9 Å². The fourth-order valence-corrected chi connectivity index (χ4v) is 2.14. The Morgan fingerprint density at radius 3 is 2.27 bits per heavy atom. The van der Waals surface area contributed by atoms with Crippen molar-refractivity contribution in [1.82, 2.24) is 4.72 Å². The van der Waals surface area contributed by atoms with Crippen molar-refractivity contribution in [3.63, 3.8) is 0 Å². The van der Waals surface area contributed by atoms with E-state index in [0.29, 0.717) is 13.0 Å². The van der Waals surface area contributed by atoms with E-state index in [1.165, 1.54) is 0 Å². The van der Waals surface area contributed by atoms with Crippen LogP contribution < -0.4 is 4.72 Å². The molecule has 0 saturated carbocycles. The SMILES string of the molecule is CCCC(CCO)CNS(=O)(=O)C(C)C. The molecule has 0 fully saturated rings. The normalized spacial score (nSPS) is 14.5. The molecule has 5 heteroatoms. The van der Waals surface area contributed by atoms with E-state index in [0.717, 1.165) is 12.8 Å². The maximum atomic E-state index is 11.5. The van der Waals surface area contributed by atoms with Gasteiger partial charge in [-0.15, -0.1) is 0 Å². The van der Waals surface area contributed by atoms with Gasteiger partial charge in [0.05, 0.1) is 5.25 Å². The summed E-state index contributed by atoms with van der Waals surface area (Å²) in [6.07, 6.45) is 2.61. The molecule has 15 heavy (non-hydrogen) atoms. The average molecular weight is 237 g/mol. The molecule has 92 valence electrons. The second kappa shape index (κ2) is 7.19. The molecule has 0 aliphatic rings. The summed E-state index contributed by atoms with van der Waals surface area (Å²) in [4.78, 5) is 0. The largest absolute Gasteiger partial charge is 0.396 e. The van der Waals surface area contributed by atoms with E-state index in [1.54, 1.807) is 13.8 Å². The molecule has 0 aromatic rings. The highest BCUT2D eigenvalue weighted by atomic mass is 32.2. The van der Waals surface area contributed by atoms with E-state index < -0.39 is 15.3 Å². The third-order valence-electron chi connectivity index (χ3n) is 2.43. The van der Waals surface area contributed by atoms with Gasteiger partial charge in [-0.25, -0.2) is 13.1 Å². The van der Waals surface area contributed by atoms with Crippen LogP contribution in [0.15, 0.2) is 0 Å². The number of hydrogen-bond acceptors (Lipinski definition) is 3. The van der Waals surface area contributed by atoms with Crippen molar-refractivity contribution < 1.29 is 13.5 Å². The summed E-state index contributed by atoms with van der Waals surface area (Å²) in [5.74, 6) is 0.244. The average Bonchev–Trinajstić information content (AvgIpc) is 2.15. The van der Waals surface area contributed by atoms with Gasteiger partial charge in [0.25, 0.3) is 0 Å². The number of aliphatic hydroxyl groups is 1. The van der Waals surface area contributed by atoms with E-state index in [4.69, 9.17) is 5.11 Å². The van der Waals surface area contributed by atoms with Crippen LogP contribution in [0.4, 0.5) is 0 Å². The molecule has 0 aromatic heterocycles. The summed E-state index contributed by atoms with van der Waals surface area (Å²) in [5.41, 5.74) is 0. The summed E-state index contributed by atoms with van der Waals surface area (Å²) in [6, 6.07) is 0. The fraction of sp³-hybridized carbons (Fsp3) is 1.00. The predicted molar refractivity (Wildman–Crippen MR) is 62.2 cm³/mol. The predicted octanol–water partition coefficient (Wildman–Crippen LogP) is 1.11. The highest BCUT2D eigenvalue weighted by molar-refractivity contribution is 7.90. The zero-order valence-electron chi connectivity index (χ0n) is 9.86. The first-order valence-corrected chi connectivity index (χ1v) is 7.08. The minimum atomic E-state index is -3.16. The first-order valence-electron chi connectivity index (χ1n) is 5.53. The zero-order valence-corrected chi connectivity index (χ0v) is 10.7. The minimum absolute atomic E-state index is 0.119. The molecule has 0 amide bonds. The van der Waals surface area contributed by atoms with Gasteiger partial charge in [0.15, 0.2) is 0 Å². The monoisotopic (exact) mass is 237 g/mol. The van der Waals surface area contributed by atoms with Gasteiger partial charge in [-0.3, -0.25) is 0 Å². The molecule has 0 aliphatic carbocycles. The van der Waals surface area contributed by atoms with Crippen LogP contribution in [-0.2, 0) is 10.0 Å². The number of hydrogen-bond donors (Lipinski definition) is 2. The molecule has 0 spiro atoms. The molecule has 0 saturated heterocycles. The van der Waals surface area contributed by atoms with Crippen molar-refractivity contribution >= 4 is 10.0 Å². The lowest BCUT2D eigenvalue weighted by atomic mass is 10.0. The maximum Gasteiger partial charge on any atom is 0.213 e. The molecular formula is C10H23NO3S. The van der Waals surface area contributed by atoms with Crippen LogP contribution in [0.1, 0.15) is 40.0 Å². The quantitative estimate of drug-likeness (QED) is 0.664. The van der Waals surface area contributed by atoms with Crippen LogP contribution in [0.5, 0.6) is 0 Å². The summed E-state index contributed by atoms with van der Waals surface area (Å²) in [7, 11) is -3.16. The molecule has 0 heterocycles. The van der Waals surface area contributed by atoms with Crippen molar-refractivity contribution in [3.8, 4) is 0 Å². The Balaban J connectivity index is 4.09. The Morgan fingerprint density at radius 2 is 1.87 bits per heavy atom. The van der Waals surface area contributed by atoms with E-state index >= 15 is 0 Å². The van der Waals surface area contributed by atoms with Crippen LogP contribution in [0.3, 0.4) is 0 Å². The summed E-state index contributed by atoms with van der Waals surface area (Å²) in [6.45, 7) is 5.93. The molecule has 1 atom stereocenters. The Labute approximate surface area is 93.1 Å². The lowest BCUT2D eigenvalue weighted by Crippen LogP contribution is -2.34. The maximum absolute atomic E-state index is 11.5. The Bertz CT molecular complexity index is 243. The Morgan fingerprint density at radius 1 is 1.27 bits per heavy atom. The van der Waals surface area contributed by atoms with Gasteiger partial charge in [0, 0.05) is 13.2 Å². The van der Waals surface area contributed by atoms with Gasteiger partial charge in [-0.2, -0.15) is 0 Å². The first-order chi connectivity index (χ1) is 6.94. The van der Waals surface area contributed by atoms with Crippen LogP contribution in [0.25, 0.3) is 0 Å². The molecule has 4 nitrogen and oxygen atoms in total. The topological polar surface area (TPSA) is 66.4 Å². The summed E-state index contributed by atoms with van der Waals surface area (Å²) in [5, 5.41) is 8.43. The Kier molecular flexibility index (Phi) is 7.13. The summed E-state index contributed by atoms with van der Waals surface area (Å²) < 4.78 is 25.5. The lowest BCUT2D eigenvalue weighted by Gasteiger charge is -2.16. The number of nitrogens with one attached hydrogen (secondary N) is 1. The highest BCUT2D eigenvalue weighted by Crippen LogP contribution is 2.10. The zero-order chi connectivity index (χ0) is 11.9. The number of aliphatic hydroxyl groups excluding tert-OH is 1. The van der Waals surface area contributed by atoms with Crippen molar-refractivity contribution in [1.29, 1.82) is 0 Å². The van der Waals surface area contributed by atoms with E-state index in [9.17, 15) is 8.42 Å². The number of rotatable bonds is 8. The van der Waals surface area contributed by atoms with Gasteiger partial charge in [-0.05, 0) is 32.6 Å². The first kappa shape index (κ1) is 14.9. The standard InChI is InChI=1S/C10H23NO3S/c1-4-5-10(6-7-12)8-11-15(13,14)9(2)3/h9-12H,4-8H2,1-3H3. The summed E-state index contributed by atoms with van der Waals surface area (Å²) >= 11 is 0. The van der Waals surface area contributed by atoms with E-state index in [2.05, 4.69) is 11.6 Å².